The molecule has 4 heterocycles. The zero-order valence-corrected chi connectivity index (χ0v) is 17.4. The molecule has 3 aromatic rings. The molecule has 9 heteroatoms. The van der Waals surface area contributed by atoms with Crippen molar-refractivity contribution in [1.82, 2.24) is 25.3 Å². The van der Waals surface area contributed by atoms with Crippen molar-refractivity contribution in [3.8, 4) is 28.5 Å². The van der Waals surface area contributed by atoms with Gasteiger partial charge in [0.05, 0.1) is 24.1 Å². The molecule has 8 nitrogen and oxygen atoms in total. The second-order valence-electron chi connectivity index (χ2n) is 8.31. The Balaban J connectivity index is 1.31. The van der Waals surface area contributed by atoms with E-state index in [2.05, 4.69) is 20.6 Å². The summed E-state index contributed by atoms with van der Waals surface area (Å²) >= 11 is 0. The van der Waals surface area contributed by atoms with Crippen molar-refractivity contribution in [3.63, 3.8) is 0 Å². The molecule has 162 valence electrons. The van der Waals surface area contributed by atoms with Crippen LogP contribution in [0, 0.1) is 0 Å². The number of fused-ring (bicyclic) bond motifs is 2. The number of benzene rings is 1. The number of halogens is 1. The van der Waals surface area contributed by atoms with Crippen molar-refractivity contribution in [2.24, 2.45) is 7.05 Å². The number of aryl methyl sites for hydroxylation is 1. The minimum absolute atomic E-state index is 0.0375. The predicted molar refractivity (Wildman–Crippen MR) is 114 cm³/mol. The molecule has 2 bridgehead atoms. The highest BCUT2D eigenvalue weighted by Gasteiger charge is 2.43. The van der Waals surface area contributed by atoms with Gasteiger partial charge in [-0.1, -0.05) is 0 Å². The van der Waals surface area contributed by atoms with Crippen LogP contribution in [0.15, 0.2) is 42.7 Å². The van der Waals surface area contributed by atoms with Crippen molar-refractivity contribution in [1.29, 1.82) is 0 Å². The highest BCUT2D eigenvalue weighted by Crippen LogP contribution is 2.35. The smallest absolute Gasteiger partial charge is 0.165 e. The average molecular weight is 424 g/mol. The second kappa shape index (κ2) is 7.81. The van der Waals surface area contributed by atoms with Gasteiger partial charge in [-0.05, 0) is 43.5 Å². The molecule has 2 aliphatic heterocycles. The highest BCUT2D eigenvalue weighted by molar-refractivity contribution is 5.68. The molecule has 4 atom stereocenters. The maximum absolute atomic E-state index is 14.9. The lowest BCUT2D eigenvalue weighted by Crippen LogP contribution is -2.55. The molecular weight excluding hydrogens is 399 g/mol. The largest absolute Gasteiger partial charge is 0.507 e. The number of nitrogens with zero attached hydrogens (tertiary/aromatic N) is 5. The number of phenols is 1. The number of aromatic hydroxyl groups is 1. The van der Waals surface area contributed by atoms with E-state index >= 15 is 0 Å². The summed E-state index contributed by atoms with van der Waals surface area (Å²) in [5, 5.41) is 26.5. The first-order valence-corrected chi connectivity index (χ1v) is 10.4. The molecule has 0 radical (unpaired) electrons. The van der Waals surface area contributed by atoms with Gasteiger partial charge in [0.25, 0.3) is 0 Å². The number of aromatic nitrogens is 4. The van der Waals surface area contributed by atoms with Gasteiger partial charge in [-0.15, -0.1) is 10.2 Å². The maximum Gasteiger partial charge on any atom is 0.165 e. The third-order valence-electron chi connectivity index (χ3n) is 6.23. The number of rotatable bonds is 5. The van der Waals surface area contributed by atoms with Crippen LogP contribution < -0.4 is 15.0 Å². The van der Waals surface area contributed by atoms with Gasteiger partial charge in [0.1, 0.15) is 17.7 Å². The summed E-state index contributed by atoms with van der Waals surface area (Å²) in [4.78, 5) is 1.89. The minimum atomic E-state index is -0.929. The van der Waals surface area contributed by atoms with Crippen LogP contribution in [0.25, 0.3) is 11.3 Å². The van der Waals surface area contributed by atoms with Crippen LogP contribution in [0.1, 0.15) is 19.3 Å². The molecule has 2 aromatic heterocycles. The van der Waals surface area contributed by atoms with Crippen LogP contribution in [0.3, 0.4) is 0 Å². The first kappa shape index (κ1) is 19.7. The molecular formula is C22H25FN6O2. The summed E-state index contributed by atoms with van der Waals surface area (Å²) < 4.78 is 22.2. The number of alkyl halides is 1. The number of hydrogen-bond donors (Lipinski definition) is 2. The maximum atomic E-state index is 14.9. The van der Waals surface area contributed by atoms with Crippen LogP contribution in [0.5, 0.6) is 17.2 Å². The molecule has 2 N–H and O–H groups in total. The first-order chi connectivity index (χ1) is 15.0. The zero-order valence-electron chi connectivity index (χ0n) is 17.4. The van der Waals surface area contributed by atoms with Gasteiger partial charge in [-0.2, -0.15) is 5.10 Å². The molecule has 31 heavy (non-hydrogen) atoms. The molecule has 0 amide bonds. The molecule has 2 aliphatic rings. The zero-order chi connectivity index (χ0) is 21.5. The van der Waals surface area contributed by atoms with Crippen LogP contribution >= 0.6 is 0 Å². The Labute approximate surface area is 179 Å². The van der Waals surface area contributed by atoms with Gasteiger partial charge in [-0.25, -0.2) is 4.39 Å². The van der Waals surface area contributed by atoms with E-state index in [-0.39, 0.29) is 17.8 Å². The number of piperidine rings is 1. The van der Waals surface area contributed by atoms with E-state index < -0.39 is 6.17 Å². The Morgan fingerprint density at radius 3 is 2.77 bits per heavy atom. The fraction of sp³-hybridized carbons (Fsp3) is 0.409. The molecule has 0 saturated carbocycles. The molecule has 1 aromatic carbocycles. The molecule has 2 saturated heterocycles. The van der Waals surface area contributed by atoms with Gasteiger partial charge < -0.3 is 20.1 Å². The van der Waals surface area contributed by atoms with Gasteiger partial charge >= 0.3 is 0 Å². The number of ether oxygens (including phenoxy) is 1. The quantitative estimate of drug-likeness (QED) is 0.651. The fourth-order valence-electron chi connectivity index (χ4n) is 4.55. The number of phenolic OH excluding ortho intramolecular Hbond substituents is 1. The van der Waals surface area contributed by atoms with Gasteiger partial charge in [-0.3, -0.25) is 4.68 Å². The third-order valence-corrected chi connectivity index (χ3v) is 6.23. The van der Waals surface area contributed by atoms with Gasteiger partial charge in [0, 0.05) is 37.8 Å². The summed E-state index contributed by atoms with van der Waals surface area (Å²) in [6.07, 6.45) is 5.08. The Hall–Kier alpha value is -3.20. The van der Waals surface area contributed by atoms with Gasteiger partial charge in [0.2, 0.25) is 0 Å². The number of hydrogen-bond acceptors (Lipinski definition) is 7. The number of anilines is 1. The summed E-state index contributed by atoms with van der Waals surface area (Å²) in [5.74, 6) is 1.73. The van der Waals surface area contributed by atoms with E-state index in [0.717, 1.165) is 19.3 Å². The van der Waals surface area contributed by atoms with Crippen LogP contribution in [0.2, 0.25) is 0 Å². The number of nitrogens with one attached hydrogen (secondary N) is 1. The lowest BCUT2D eigenvalue weighted by molar-refractivity contribution is 0.176. The Bertz CT molecular complexity index is 1070. The lowest BCUT2D eigenvalue weighted by Gasteiger charge is -2.38. The van der Waals surface area contributed by atoms with E-state index in [1.807, 2.05) is 18.0 Å². The third kappa shape index (κ3) is 3.81. The van der Waals surface area contributed by atoms with E-state index in [1.165, 1.54) is 6.07 Å². The molecule has 2 unspecified atom stereocenters. The van der Waals surface area contributed by atoms with E-state index in [9.17, 15) is 9.50 Å². The first-order valence-electron chi connectivity index (χ1n) is 10.4. The monoisotopic (exact) mass is 424 g/mol. The Morgan fingerprint density at radius 1 is 1.19 bits per heavy atom. The minimum Gasteiger partial charge on any atom is -0.507 e. The van der Waals surface area contributed by atoms with Gasteiger partial charge in [0.15, 0.2) is 11.6 Å². The predicted octanol–water partition coefficient (Wildman–Crippen LogP) is 3.04. The Morgan fingerprint density at radius 2 is 2.06 bits per heavy atom. The SMILES string of the molecule is CN(c1ccc(-c2ccc(Oc3cnn(C)c3)cc2O)nn1)[C@H]1CC2CCC(N2)[C@H]1F. The highest BCUT2D eigenvalue weighted by atomic mass is 19.1. The van der Waals surface area contributed by atoms with Crippen molar-refractivity contribution in [2.75, 3.05) is 11.9 Å². The molecule has 2 fully saturated rings. The van der Waals surface area contributed by atoms with E-state index in [0.29, 0.717) is 34.6 Å². The van der Waals surface area contributed by atoms with Crippen LogP contribution in [0.4, 0.5) is 10.2 Å². The molecule has 0 aliphatic carbocycles. The van der Waals surface area contributed by atoms with Crippen molar-refractivity contribution >= 4 is 5.82 Å². The van der Waals surface area contributed by atoms with Crippen LogP contribution in [-0.2, 0) is 7.05 Å². The lowest BCUT2D eigenvalue weighted by atomic mass is 9.96. The summed E-state index contributed by atoms with van der Waals surface area (Å²) in [5.41, 5.74) is 1.08. The van der Waals surface area contributed by atoms with Crippen molar-refractivity contribution in [2.45, 2.75) is 43.6 Å². The van der Waals surface area contributed by atoms with Crippen molar-refractivity contribution < 1.29 is 14.2 Å². The summed E-state index contributed by atoms with van der Waals surface area (Å²) in [7, 11) is 3.67. The second-order valence-corrected chi connectivity index (χ2v) is 8.31. The van der Waals surface area contributed by atoms with E-state index in [4.69, 9.17) is 4.74 Å². The van der Waals surface area contributed by atoms with Crippen LogP contribution in [-0.4, -0.2) is 56.4 Å². The molecule has 5 rings (SSSR count). The standard InChI is InChI=1S/C22H25FN6O2/c1-28-12-15(11-24-28)31-14-4-5-16(20(30)10-14)17-7-8-21(27-26-17)29(2)19-9-13-3-6-18(25-13)22(19)23/h4-5,7-8,10-13,18-19,22,25,30H,3,6,9H2,1-2H3/t13?,18?,19-,22+/m0/s1. The summed E-state index contributed by atoms with van der Waals surface area (Å²) in [6, 6.07) is 8.72. The Kier molecular flexibility index (Phi) is 4.97. The average Bonchev–Trinajstić information content (AvgIpc) is 3.37. The van der Waals surface area contributed by atoms with Crippen molar-refractivity contribution in [3.05, 3.63) is 42.7 Å². The topological polar surface area (TPSA) is 88.3 Å². The summed E-state index contributed by atoms with van der Waals surface area (Å²) in [6.45, 7) is 0. The normalized spacial score (nSPS) is 24.9. The molecule has 0 spiro atoms. The fourth-order valence-corrected chi connectivity index (χ4v) is 4.55. The van der Waals surface area contributed by atoms with E-state index in [1.54, 1.807) is 42.3 Å².